The molecule has 0 atom stereocenters. The van der Waals surface area contributed by atoms with Crippen molar-refractivity contribution in [2.45, 2.75) is 0 Å². The Hall–Kier alpha value is -6.62. The summed E-state index contributed by atoms with van der Waals surface area (Å²) in [5.74, 6) is 0. The van der Waals surface area contributed by atoms with Crippen LogP contribution in [0, 0.1) is 0 Å². The van der Waals surface area contributed by atoms with E-state index in [9.17, 15) is 0 Å². The summed E-state index contributed by atoms with van der Waals surface area (Å²) >= 11 is 1.85. The van der Waals surface area contributed by atoms with E-state index in [0.29, 0.717) is 0 Å². The lowest BCUT2D eigenvalue weighted by Crippen LogP contribution is -2.11. The van der Waals surface area contributed by atoms with E-state index >= 15 is 0 Å². The number of hydrogen-bond donors (Lipinski definition) is 0. The highest BCUT2D eigenvalue weighted by molar-refractivity contribution is 7.25. The number of rotatable bonds is 5. The zero-order chi connectivity index (χ0) is 34.2. The first kappa shape index (κ1) is 29.1. The van der Waals surface area contributed by atoms with Gasteiger partial charge in [-0.05, 0) is 66.2 Å². The van der Waals surface area contributed by atoms with E-state index in [-0.39, 0.29) is 0 Å². The highest BCUT2D eigenvalue weighted by atomic mass is 32.1. The van der Waals surface area contributed by atoms with Crippen molar-refractivity contribution < 1.29 is 4.42 Å². The molecule has 0 aliphatic rings. The molecule has 0 aliphatic heterocycles. The maximum Gasteiger partial charge on any atom is 0.159 e. The van der Waals surface area contributed by atoms with Crippen LogP contribution in [0.2, 0.25) is 0 Å². The van der Waals surface area contributed by atoms with Gasteiger partial charge in [0.15, 0.2) is 5.58 Å². The number of fused-ring (bicyclic) bond motifs is 9. The van der Waals surface area contributed by atoms with E-state index in [2.05, 4.69) is 185 Å². The Morgan fingerprint density at radius 1 is 0.442 bits per heavy atom. The molecule has 0 saturated carbocycles. The van der Waals surface area contributed by atoms with Crippen molar-refractivity contribution >= 4 is 92.3 Å². The molecule has 3 aromatic heterocycles. The summed E-state index contributed by atoms with van der Waals surface area (Å²) in [5.41, 5.74) is 10.7. The van der Waals surface area contributed by atoms with Crippen LogP contribution in [0.15, 0.2) is 186 Å². The molecule has 0 spiro atoms. The van der Waals surface area contributed by atoms with Crippen LogP contribution < -0.4 is 4.90 Å². The number of benzene rings is 8. The van der Waals surface area contributed by atoms with Crippen molar-refractivity contribution in [3.63, 3.8) is 0 Å². The molecule has 0 aliphatic carbocycles. The minimum atomic E-state index is 0.863. The Bertz CT molecular complexity index is 3150. The van der Waals surface area contributed by atoms with Gasteiger partial charge < -0.3 is 13.9 Å². The first-order chi connectivity index (χ1) is 25.8. The Balaban J connectivity index is 1.21. The van der Waals surface area contributed by atoms with Crippen LogP contribution in [-0.2, 0) is 0 Å². The van der Waals surface area contributed by atoms with Crippen LogP contribution in [0.1, 0.15) is 0 Å². The van der Waals surface area contributed by atoms with E-state index in [1.165, 1.54) is 36.5 Å². The predicted octanol–water partition coefficient (Wildman–Crippen LogP) is 14.2. The third-order valence-corrected chi connectivity index (χ3v) is 11.5. The number of anilines is 3. The van der Waals surface area contributed by atoms with Gasteiger partial charge in [-0.1, -0.05) is 121 Å². The third kappa shape index (κ3) is 4.38. The van der Waals surface area contributed by atoms with E-state index in [0.717, 1.165) is 61.3 Å². The molecular formula is C48H30N2OS. The summed E-state index contributed by atoms with van der Waals surface area (Å²) in [6.45, 7) is 0. The maximum absolute atomic E-state index is 6.70. The molecule has 0 fully saturated rings. The van der Waals surface area contributed by atoms with Crippen molar-refractivity contribution in [3.8, 4) is 16.8 Å². The van der Waals surface area contributed by atoms with E-state index in [4.69, 9.17) is 4.42 Å². The van der Waals surface area contributed by atoms with Crippen LogP contribution >= 0.6 is 11.3 Å². The lowest BCUT2D eigenvalue weighted by atomic mass is 10.0. The van der Waals surface area contributed by atoms with Gasteiger partial charge in [-0.3, -0.25) is 0 Å². The molecule has 8 aromatic carbocycles. The molecule has 4 heteroatoms. The zero-order valence-corrected chi connectivity index (χ0v) is 28.8. The average molecular weight is 683 g/mol. The minimum Gasteiger partial charge on any atom is -0.454 e. The zero-order valence-electron chi connectivity index (χ0n) is 28.0. The lowest BCUT2D eigenvalue weighted by Gasteiger charge is -2.28. The van der Waals surface area contributed by atoms with Crippen molar-refractivity contribution in [1.29, 1.82) is 0 Å². The molecule has 0 unspecified atom stereocenters. The number of thiophene rings is 1. The number of para-hydroxylation sites is 4. The van der Waals surface area contributed by atoms with Crippen LogP contribution in [0.3, 0.4) is 0 Å². The first-order valence-electron chi connectivity index (χ1n) is 17.6. The highest BCUT2D eigenvalue weighted by Crippen LogP contribution is 2.47. The fourth-order valence-electron chi connectivity index (χ4n) is 8.08. The molecule has 0 amide bonds. The van der Waals surface area contributed by atoms with Crippen LogP contribution in [0.4, 0.5) is 17.1 Å². The number of nitrogens with zero attached hydrogens (tertiary/aromatic N) is 2. The van der Waals surface area contributed by atoms with Crippen LogP contribution in [-0.4, -0.2) is 4.57 Å². The summed E-state index contributed by atoms with van der Waals surface area (Å²) in [6.07, 6.45) is 0. The molecular weight excluding hydrogens is 653 g/mol. The topological polar surface area (TPSA) is 21.3 Å². The van der Waals surface area contributed by atoms with Gasteiger partial charge >= 0.3 is 0 Å². The largest absolute Gasteiger partial charge is 0.454 e. The van der Waals surface area contributed by atoms with E-state index in [1.807, 2.05) is 17.4 Å². The van der Waals surface area contributed by atoms with Gasteiger partial charge in [0.05, 0.1) is 22.4 Å². The van der Waals surface area contributed by atoms with Crippen molar-refractivity contribution in [2.24, 2.45) is 0 Å². The Morgan fingerprint density at radius 2 is 1.13 bits per heavy atom. The second kappa shape index (κ2) is 11.5. The van der Waals surface area contributed by atoms with Crippen molar-refractivity contribution in [1.82, 2.24) is 4.57 Å². The van der Waals surface area contributed by atoms with Gasteiger partial charge in [0, 0.05) is 58.7 Å². The molecule has 0 bridgehead atoms. The van der Waals surface area contributed by atoms with Crippen LogP contribution in [0.25, 0.3) is 80.7 Å². The molecule has 52 heavy (non-hydrogen) atoms. The second-order valence-corrected chi connectivity index (χ2v) is 14.4. The smallest absolute Gasteiger partial charge is 0.159 e. The number of aromatic nitrogens is 1. The second-order valence-electron chi connectivity index (χ2n) is 13.3. The molecule has 3 nitrogen and oxygen atoms in total. The van der Waals surface area contributed by atoms with Gasteiger partial charge in [-0.25, -0.2) is 0 Å². The lowest BCUT2D eigenvalue weighted by molar-refractivity contribution is 0.669. The number of hydrogen-bond acceptors (Lipinski definition) is 3. The summed E-state index contributed by atoms with van der Waals surface area (Å²) in [4.78, 5) is 2.38. The van der Waals surface area contributed by atoms with Gasteiger partial charge in [0.2, 0.25) is 0 Å². The first-order valence-corrected chi connectivity index (χ1v) is 18.4. The van der Waals surface area contributed by atoms with Crippen molar-refractivity contribution in [2.75, 3.05) is 4.90 Å². The average Bonchev–Trinajstić information content (AvgIpc) is 3.88. The van der Waals surface area contributed by atoms with Gasteiger partial charge in [0.25, 0.3) is 0 Å². The number of furan rings is 1. The molecule has 0 N–H and O–H groups in total. The normalized spacial score (nSPS) is 11.8. The maximum atomic E-state index is 6.70. The quantitative estimate of drug-likeness (QED) is 0.180. The molecule has 11 aromatic rings. The minimum absolute atomic E-state index is 0.863. The molecule has 3 heterocycles. The van der Waals surface area contributed by atoms with Crippen molar-refractivity contribution in [3.05, 3.63) is 182 Å². The predicted molar refractivity (Wildman–Crippen MR) is 221 cm³/mol. The fourth-order valence-corrected chi connectivity index (χ4v) is 9.16. The molecule has 11 rings (SSSR count). The van der Waals surface area contributed by atoms with Gasteiger partial charge in [-0.2, -0.15) is 0 Å². The Kier molecular flexibility index (Phi) is 6.42. The molecule has 244 valence electrons. The highest BCUT2D eigenvalue weighted by Gasteiger charge is 2.23. The van der Waals surface area contributed by atoms with E-state index < -0.39 is 0 Å². The summed E-state index contributed by atoms with van der Waals surface area (Å²) in [5, 5.41) is 7.25. The molecule has 0 radical (unpaired) electrons. The van der Waals surface area contributed by atoms with Gasteiger partial charge in [-0.15, -0.1) is 11.3 Å². The standard InChI is InChI=1S/C48H30N2OS/c1-2-13-31(14-3-1)34-15-4-8-20-41(34)49(43-22-12-19-39-37-17-6-10-23-45(37)51-48(39)43)33-25-27-36-35-16-5-9-21-42(35)50(44(36)30-33)32-26-28-47-40(29-32)38-18-7-11-24-46(38)52-47/h1-30H. The van der Waals surface area contributed by atoms with Crippen LogP contribution in [0.5, 0.6) is 0 Å². The monoisotopic (exact) mass is 682 g/mol. The Labute approximate surface area is 303 Å². The third-order valence-electron chi connectivity index (χ3n) is 10.4. The van der Waals surface area contributed by atoms with E-state index in [1.54, 1.807) is 0 Å². The SMILES string of the molecule is c1ccc(-c2ccccc2N(c2ccc3c4ccccc4n(-c4ccc5sc6ccccc6c5c4)c3c2)c2cccc3c2oc2ccccc23)cc1. The Morgan fingerprint density at radius 3 is 2.06 bits per heavy atom. The summed E-state index contributed by atoms with van der Waals surface area (Å²) in [7, 11) is 0. The summed E-state index contributed by atoms with van der Waals surface area (Å²) < 4.78 is 11.7. The summed E-state index contributed by atoms with van der Waals surface area (Å²) in [6, 6.07) is 65.5. The fraction of sp³-hybridized carbons (Fsp3) is 0. The van der Waals surface area contributed by atoms with Gasteiger partial charge in [0.1, 0.15) is 5.58 Å². The molecule has 0 saturated heterocycles.